The van der Waals surface area contributed by atoms with Crippen LogP contribution in [-0.4, -0.2) is 17.7 Å². The SMILES string of the molecule is C=C(C)C(=O)OC(C)(C)C(C)OC(C)c1ccccc1. The van der Waals surface area contributed by atoms with Crippen LogP contribution in [0.4, 0.5) is 0 Å². The summed E-state index contributed by atoms with van der Waals surface area (Å²) in [4.78, 5) is 11.6. The number of carbonyl (C=O) groups excluding carboxylic acids is 1. The van der Waals surface area contributed by atoms with E-state index in [0.29, 0.717) is 5.57 Å². The van der Waals surface area contributed by atoms with Crippen LogP contribution in [0.5, 0.6) is 0 Å². The van der Waals surface area contributed by atoms with Gasteiger partial charge in [-0.3, -0.25) is 0 Å². The molecule has 2 unspecified atom stereocenters. The number of hydrogen-bond donors (Lipinski definition) is 0. The van der Waals surface area contributed by atoms with Crippen LogP contribution >= 0.6 is 0 Å². The Morgan fingerprint density at radius 1 is 1.20 bits per heavy atom. The molecule has 1 aromatic carbocycles. The van der Waals surface area contributed by atoms with Gasteiger partial charge in [0, 0.05) is 5.57 Å². The fourth-order valence-corrected chi connectivity index (χ4v) is 1.68. The molecule has 0 aliphatic rings. The van der Waals surface area contributed by atoms with Crippen molar-refractivity contribution in [2.24, 2.45) is 0 Å². The van der Waals surface area contributed by atoms with E-state index in [1.165, 1.54) is 0 Å². The van der Waals surface area contributed by atoms with Crippen molar-refractivity contribution in [3.63, 3.8) is 0 Å². The third-order valence-electron chi connectivity index (χ3n) is 3.36. The van der Waals surface area contributed by atoms with Gasteiger partial charge in [-0.05, 0) is 40.2 Å². The lowest BCUT2D eigenvalue weighted by atomic mass is 10.0. The summed E-state index contributed by atoms with van der Waals surface area (Å²) in [5.74, 6) is -0.391. The summed E-state index contributed by atoms with van der Waals surface area (Å²) in [5, 5.41) is 0. The predicted octanol–water partition coefficient (Wildman–Crippen LogP) is 4.05. The molecule has 3 heteroatoms. The number of benzene rings is 1. The van der Waals surface area contributed by atoms with Gasteiger partial charge in [0.05, 0.1) is 12.2 Å². The molecule has 0 saturated heterocycles. The first kappa shape index (κ1) is 16.4. The quantitative estimate of drug-likeness (QED) is 0.581. The van der Waals surface area contributed by atoms with Crippen molar-refractivity contribution in [1.29, 1.82) is 0 Å². The van der Waals surface area contributed by atoms with Gasteiger partial charge in [0.2, 0.25) is 0 Å². The molecule has 0 amide bonds. The average Bonchev–Trinajstić information content (AvgIpc) is 2.38. The van der Waals surface area contributed by atoms with Gasteiger partial charge in [0.15, 0.2) is 0 Å². The molecule has 3 nitrogen and oxygen atoms in total. The van der Waals surface area contributed by atoms with Crippen molar-refractivity contribution in [1.82, 2.24) is 0 Å². The minimum absolute atomic E-state index is 0.0611. The molecule has 0 saturated carbocycles. The van der Waals surface area contributed by atoms with Crippen molar-refractivity contribution < 1.29 is 14.3 Å². The van der Waals surface area contributed by atoms with Crippen molar-refractivity contribution in [3.05, 3.63) is 48.0 Å². The lowest BCUT2D eigenvalue weighted by molar-refractivity contribution is -0.171. The minimum Gasteiger partial charge on any atom is -0.454 e. The Balaban J connectivity index is 2.67. The molecular weight excluding hydrogens is 252 g/mol. The zero-order chi connectivity index (χ0) is 15.3. The van der Waals surface area contributed by atoms with E-state index in [9.17, 15) is 4.79 Å². The minimum atomic E-state index is -0.709. The molecule has 0 aromatic heterocycles. The van der Waals surface area contributed by atoms with Crippen LogP contribution in [0.15, 0.2) is 42.5 Å². The highest BCUT2D eigenvalue weighted by Crippen LogP contribution is 2.25. The first-order valence-corrected chi connectivity index (χ1v) is 6.83. The maximum atomic E-state index is 11.6. The van der Waals surface area contributed by atoms with E-state index in [1.54, 1.807) is 6.92 Å². The van der Waals surface area contributed by atoms with Crippen molar-refractivity contribution in [2.45, 2.75) is 52.4 Å². The van der Waals surface area contributed by atoms with E-state index in [1.807, 2.05) is 58.0 Å². The maximum absolute atomic E-state index is 11.6. The van der Waals surface area contributed by atoms with E-state index >= 15 is 0 Å². The second kappa shape index (κ2) is 6.71. The number of rotatable bonds is 6. The zero-order valence-corrected chi connectivity index (χ0v) is 13.0. The van der Waals surface area contributed by atoms with Gasteiger partial charge >= 0.3 is 5.97 Å². The second-order valence-corrected chi connectivity index (χ2v) is 5.60. The van der Waals surface area contributed by atoms with Gasteiger partial charge in [0.25, 0.3) is 0 Å². The fraction of sp³-hybridized carbons (Fsp3) is 0.471. The third-order valence-corrected chi connectivity index (χ3v) is 3.36. The van der Waals surface area contributed by atoms with Crippen LogP contribution in [-0.2, 0) is 14.3 Å². The van der Waals surface area contributed by atoms with Crippen LogP contribution in [0.2, 0.25) is 0 Å². The van der Waals surface area contributed by atoms with E-state index < -0.39 is 11.6 Å². The summed E-state index contributed by atoms with van der Waals surface area (Å²) in [6.07, 6.45) is -0.296. The smallest absolute Gasteiger partial charge is 0.333 e. The molecule has 0 aliphatic carbocycles. The molecule has 0 bridgehead atoms. The highest BCUT2D eigenvalue weighted by molar-refractivity contribution is 5.87. The lowest BCUT2D eigenvalue weighted by Crippen LogP contribution is -2.41. The zero-order valence-electron chi connectivity index (χ0n) is 13.0. The first-order valence-electron chi connectivity index (χ1n) is 6.83. The molecule has 2 atom stereocenters. The predicted molar refractivity (Wildman–Crippen MR) is 80.4 cm³/mol. The Kier molecular flexibility index (Phi) is 5.52. The number of ether oxygens (including phenoxy) is 2. The Labute approximate surface area is 121 Å². The van der Waals surface area contributed by atoms with Gasteiger partial charge in [-0.25, -0.2) is 4.79 Å². The molecule has 1 rings (SSSR count). The molecule has 0 fully saturated rings. The van der Waals surface area contributed by atoms with Gasteiger partial charge in [-0.2, -0.15) is 0 Å². The van der Waals surface area contributed by atoms with Crippen LogP contribution in [0, 0.1) is 0 Å². The maximum Gasteiger partial charge on any atom is 0.333 e. The molecule has 0 N–H and O–H groups in total. The fourth-order valence-electron chi connectivity index (χ4n) is 1.68. The van der Waals surface area contributed by atoms with E-state index in [0.717, 1.165) is 5.56 Å². The van der Waals surface area contributed by atoms with Crippen LogP contribution in [0.1, 0.15) is 46.3 Å². The largest absolute Gasteiger partial charge is 0.454 e. The van der Waals surface area contributed by atoms with Crippen LogP contribution in [0.25, 0.3) is 0 Å². The Morgan fingerprint density at radius 2 is 1.75 bits per heavy atom. The normalized spacial score (nSPS) is 14.4. The summed E-state index contributed by atoms with van der Waals surface area (Å²) in [6, 6.07) is 9.96. The van der Waals surface area contributed by atoms with E-state index in [2.05, 4.69) is 6.58 Å². The molecule has 20 heavy (non-hydrogen) atoms. The first-order chi connectivity index (χ1) is 9.24. The Morgan fingerprint density at radius 3 is 2.25 bits per heavy atom. The summed E-state index contributed by atoms with van der Waals surface area (Å²) >= 11 is 0. The monoisotopic (exact) mass is 276 g/mol. The molecule has 0 heterocycles. The van der Waals surface area contributed by atoms with Crippen molar-refractivity contribution in [2.75, 3.05) is 0 Å². The summed E-state index contributed by atoms with van der Waals surface area (Å²) in [6.45, 7) is 12.8. The number of hydrogen-bond acceptors (Lipinski definition) is 3. The second-order valence-electron chi connectivity index (χ2n) is 5.60. The van der Waals surface area contributed by atoms with Gasteiger partial charge < -0.3 is 9.47 Å². The van der Waals surface area contributed by atoms with E-state index in [4.69, 9.17) is 9.47 Å². The molecule has 110 valence electrons. The highest BCUT2D eigenvalue weighted by atomic mass is 16.6. The summed E-state index contributed by atoms with van der Waals surface area (Å²) in [7, 11) is 0. The van der Waals surface area contributed by atoms with Gasteiger partial charge in [-0.1, -0.05) is 36.9 Å². The van der Waals surface area contributed by atoms with Crippen LogP contribution in [0.3, 0.4) is 0 Å². The van der Waals surface area contributed by atoms with Crippen molar-refractivity contribution in [3.8, 4) is 0 Å². The summed E-state index contributed by atoms with van der Waals surface area (Å²) < 4.78 is 11.4. The molecular formula is C17H24O3. The Bertz CT molecular complexity index is 462. The topological polar surface area (TPSA) is 35.5 Å². The third kappa shape index (κ3) is 4.49. The van der Waals surface area contributed by atoms with E-state index in [-0.39, 0.29) is 12.2 Å². The van der Waals surface area contributed by atoms with Crippen LogP contribution < -0.4 is 0 Å². The summed E-state index contributed by atoms with van der Waals surface area (Å²) in [5.41, 5.74) is 0.779. The van der Waals surface area contributed by atoms with Gasteiger partial charge in [-0.15, -0.1) is 0 Å². The van der Waals surface area contributed by atoms with Gasteiger partial charge in [0.1, 0.15) is 5.60 Å². The number of esters is 1. The molecule has 0 aliphatic heterocycles. The van der Waals surface area contributed by atoms with Crippen molar-refractivity contribution >= 4 is 5.97 Å². The lowest BCUT2D eigenvalue weighted by Gasteiger charge is -2.33. The average molecular weight is 276 g/mol. The Hall–Kier alpha value is -1.61. The molecule has 1 aromatic rings. The standard InChI is InChI=1S/C17H24O3/c1-12(2)16(18)20-17(5,6)14(4)19-13(3)15-10-8-7-9-11-15/h7-11,13-14H,1H2,2-6H3. The highest BCUT2D eigenvalue weighted by Gasteiger charge is 2.32. The number of carbonyl (C=O) groups is 1. The molecule has 0 radical (unpaired) electrons. The molecule has 0 spiro atoms.